The minimum absolute atomic E-state index is 0.310. The lowest BCUT2D eigenvalue weighted by molar-refractivity contribution is -0.138. The van der Waals surface area contributed by atoms with Crippen molar-refractivity contribution >= 4 is 22.8 Å². The predicted molar refractivity (Wildman–Crippen MR) is 60.2 cm³/mol. The summed E-state index contributed by atoms with van der Waals surface area (Å²) < 4.78 is 0. The molecule has 0 aliphatic carbocycles. The first kappa shape index (κ1) is 12.7. The zero-order valence-electron chi connectivity index (χ0n) is 8.52. The van der Waals surface area contributed by atoms with Crippen molar-refractivity contribution in [3.63, 3.8) is 0 Å². The summed E-state index contributed by atoms with van der Waals surface area (Å²) in [5.74, 6) is -1.06. The van der Waals surface area contributed by atoms with E-state index in [0.29, 0.717) is 6.54 Å². The van der Waals surface area contributed by atoms with Crippen LogP contribution in [0.25, 0.3) is 0 Å². The Bertz CT molecular complexity index is 367. The van der Waals surface area contributed by atoms with Crippen LogP contribution in [0.15, 0.2) is 30.3 Å². The number of aliphatic carboxylic acids is 1. The van der Waals surface area contributed by atoms with E-state index < -0.39 is 17.3 Å². The van der Waals surface area contributed by atoms with Crippen LogP contribution in [0.3, 0.4) is 0 Å². The molecule has 86 valence electrons. The molecule has 0 amide bonds. The van der Waals surface area contributed by atoms with E-state index in [1.54, 1.807) is 0 Å². The summed E-state index contributed by atoms with van der Waals surface area (Å²) in [5.41, 5.74) is 0.968. The van der Waals surface area contributed by atoms with Gasteiger partial charge in [0.15, 0.2) is 0 Å². The van der Waals surface area contributed by atoms with Crippen molar-refractivity contribution in [2.24, 2.45) is 0 Å². The van der Waals surface area contributed by atoms with Crippen molar-refractivity contribution in [2.75, 3.05) is 0 Å². The van der Waals surface area contributed by atoms with Gasteiger partial charge in [-0.05, 0) is 17.2 Å². The molecule has 0 heterocycles. The molecule has 0 saturated carbocycles. The molecule has 1 unspecified atom stereocenters. The van der Waals surface area contributed by atoms with Crippen LogP contribution in [0.5, 0.6) is 0 Å². The average molecular weight is 242 g/mol. The van der Waals surface area contributed by atoms with Gasteiger partial charge in [-0.2, -0.15) is 0 Å². The Kier molecular flexibility index (Phi) is 4.95. The molecule has 1 aromatic rings. The van der Waals surface area contributed by atoms with Gasteiger partial charge < -0.3 is 10.4 Å². The summed E-state index contributed by atoms with van der Waals surface area (Å²) in [7, 11) is 0. The first-order valence-electron chi connectivity index (χ1n) is 4.78. The van der Waals surface area contributed by atoms with E-state index in [0.717, 1.165) is 5.56 Å². The third kappa shape index (κ3) is 4.42. The first-order chi connectivity index (χ1) is 7.59. The second-order valence-electron chi connectivity index (χ2n) is 3.32. The van der Waals surface area contributed by atoms with Gasteiger partial charge in [-0.3, -0.25) is 9.59 Å². The Hall–Kier alpha value is -1.39. The molecule has 0 radical (unpaired) electrons. The van der Waals surface area contributed by atoms with Crippen molar-refractivity contribution in [3.05, 3.63) is 35.9 Å². The summed E-state index contributed by atoms with van der Waals surface area (Å²) in [4.78, 5) is 21.4. The zero-order valence-corrected chi connectivity index (χ0v) is 9.28. The summed E-state index contributed by atoms with van der Waals surface area (Å²) in [6, 6.07) is 8.52. The van der Waals surface area contributed by atoms with Gasteiger partial charge in [-0.25, -0.2) is 0 Å². The molecule has 4 nitrogen and oxygen atoms in total. The second kappa shape index (κ2) is 6.25. The van der Waals surface area contributed by atoms with Crippen molar-refractivity contribution in [3.8, 4) is 0 Å². The van der Waals surface area contributed by atoms with E-state index in [4.69, 9.17) is 16.7 Å². The van der Waals surface area contributed by atoms with E-state index in [1.807, 2.05) is 30.3 Å². The summed E-state index contributed by atoms with van der Waals surface area (Å²) >= 11 is 5.29. The third-order valence-corrected chi connectivity index (χ3v) is 2.31. The van der Waals surface area contributed by atoms with E-state index in [2.05, 4.69) is 5.32 Å². The monoisotopic (exact) mass is 241 g/mol. The molecule has 1 atom stereocenters. The Morgan fingerprint density at radius 3 is 2.44 bits per heavy atom. The molecule has 0 aromatic heterocycles. The van der Waals surface area contributed by atoms with Gasteiger partial charge in [0.2, 0.25) is 5.24 Å². The lowest BCUT2D eigenvalue weighted by atomic mass is 10.2. The van der Waals surface area contributed by atoms with Gasteiger partial charge in [-0.15, -0.1) is 0 Å². The molecule has 2 N–H and O–H groups in total. The van der Waals surface area contributed by atoms with Gasteiger partial charge in [0.1, 0.15) is 0 Å². The van der Waals surface area contributed by atoms with Crippen LogP contribution < -0.4 is 5.32 Å². The van der Waals surface area contributed by atoms with Gasteiger partial charge >= 0.3 is 5.97 Å². The minimum Gasteiger partial charge on any atom is -0.481 e. The largest absolute Gasteiger partial charge is 0.481 e. The molecule has 0 spiro atoms. The number of hydrogen-bond acceptors (Lipinski definition) is 3. The van der Waals surface area contributed by atoms with Gasteiger partial charge in [0.25, 0.3) is 0 Å². The predicted octanol–water partition coefficient (Wildman–Crippen LogP) is 1.38. The molecule has 1 aromatic carbocycles. The molecule has 16 heavy (non-hydrogen) atoms. The smallest absolute Gasteiger partial charge is 0.305 e. The van der Waals surface area contributed by atoms with Crippen LogP contribution in [0.1, 0.15) is 12.0 Å². The lowest BCUT2D eigenvalue weighted by Crippen LogP contribution is -2.35. The average Bonchev–Trinajstić information content (AvgIpc) is 2.25. The van der Waals surface area contributed by atoms with Crippen LogP contribution >= 0.6 is 11.6 Å². The van der Waals surface area contributed by atoms with E-state index in [1.165, 1.54) is 0 Å². The molecule has 0 aliphatic heterocycles. The Labute approximate surface area is 98.2 Å². The number of carbonyl (C=O) groups is 2. The van der Waals surface area contributed by atoms with Crippen molar-refractivity contribution in [1.82, 2.24) is 5.32 Å². The van der Waals surface area contributed by atoms with Crippen LogP contribution in [-0.2, 0) is 16.1 Å². The van der Waals surface area contributed by atoms with E-state index >= 15 is 0 Å². The maximum Gasteiger partial charge on any atom is 0.305 e. The number of hydrogen-bond donors (Lipinski definition) is 2. The number of halogens is 1. The highest BCUT2D eigenvalue weighted by molar-refractivity contribution is 6.64. The Morgan fingerprint density at radius 2 is 1.94 bits per heavy atom. The summed E-state index contributed by atoms with van der Waals surface area (Å²) in [6.07, 6.45) is -0.310. The van der Waals surface area contributed by atoms with E-state index in [9.17, 15) is 9.59 Å². The summed E-state index contributed by atoms with van der Waals surface area (Å²) in [6.45, 7) is 0.414. The second-order valence-corrected chi connectivity index (χ2v) is 3.69. The van der Waals surface area contributed by atoms with Crippen molar-refractivity contribution < 1.29 is 14.7 Å². The first-order valence-corrected chi connectivity index (χ1v) is 5.16. The topological polar surface area (TPSA) is 66.4 Å². The third-order valence-electron chi connectivity index (χ3n) is 2.05. The van der Waals surface area contributed by atoms with Crippen LogP contribution in [-0.4, -0.2) is 22.4 Å². The zero-order chi connectivity index (χ0) is 12.0. The van der Waals surface area contributed by atoms with Gasteiger partial charge in [-0.1, -0.05) is 30.3 Å². The highest BCUT2D eigenvalue weighted by Gasteiger charge is 2.18. The molecular formula is C11H12ClNO3. The standard InChI is InChI=1S/C11H12ClNO3/c12-11(16)9(6-10(14)15)13-7-8-4-2-1-3-5-8/h1-5,9,13H,6-7H2,(H,14,15). The van der Waals surface area contributed by atoms with Crippen LogP contribution in [0, 0.1) is 0 Å². The highest BCUT2D eigenvalue weighted by atomic mass is 35.5. The number of carbonyl (C=O) groups excluding carboxylic acids is 1. The molecular weight excluding hydrogens is 230 g/mol. The molecule has 0 saturated heterocycles. The maximum absolute atomic E-state index is 10.9. The van der Waals surface area contributed by atoms with Crippen LogP contribution in [0.2, 0.25) is 0 Å². The number of rotatable bonds is 6. The number of carboxylic acid groups (broad SMARTS) is 1. The normalized spacial score (nSPS) is 12.1. The minimum atomic E-state index is -1.06. The van der Waals surface area contributed by atoms with Crippen molar-refractivity contribution in [1.29, 1.82) is 0 Å². The fraction of sp³-hybridized carbons (Fsp3) is 0.273. The summed E-state index contributed by atoms with van der Waals surface area (Å²) in [5, 5.41) is 10.7. The Balaban J connectivity index is 2.50. The molecule has 0 bridgehead atoms. The molecule has 5 heteroatoms. The van der Waals surface area contributed by atoms with Crippen molar-refractivity contribution in [2.45, 2.75) is 19.0 Å². The fourth-order valence-corrected chi connectivity index (χ4v) is 1.40. The maximum atomic E-state index is 10.9. The Morgan fingerprint density at radius 1 is 1.31 bits per heavy atom. The quantitative estimate of drug-likeness (QED) is 0.739. The molecule has 0 fully saturated rings. The SMILES string of the molecule is O=C(O)CC(NCc1ccccc1)C(=O)Cl. The van der Waals surface area contributed by atoms with Crippen LogP contribution in [0.4, 0.5) is 0 Å². The van der Waals surface area contributed by atoms with E-state index in [-0.39, 0.29) is 6.42 Å². The number of benzene rings is 1. The number of nitrogens with one attached hydrogen (secondary N) is 1. The highest BCUT2D eigenvalue weighted by Crippen LogP contribution is 2.02. The molecule has 1 rings (SSSR count). The lowest BCUT2D eigenvalue weighted by Gasteiger charge is -2.12. The molecule has 0 aliphatic rings. The van der Waals surface area contributed by atoms with Gasteiger partial charge in [0, 0.05) is 6.54 Å². The number of carboxylic acids is 1. The fourth-order valence-electron chi connectivity index (χ4n) is 1.24. The van der Waals surface area contributed by atoms with Gasteiger partial charge in [0.05, 0.1) is 12.5 Å².